The molecule has 0 radical (unpaired) electrons. The molecule has 0 aromatic heterocycles. The number of hydrogen-bond acceptors (Lipinski definition) is 4. The Bertz CT molecular complexity index is 923. The van der Waals surface area contributed by atoms with E-state index in [0.29, 0.717) is 23.7 Å². The lowest BCUT2D eigenvalue weighted by Gasteiger charge is -2.23. The zero-order valence-electron chi connectivity index (χ0n) is 18.4. The van der Waals surface area contributed by atoms with Crippen LogP contribution in [0.25, 0.3) is 0 Å². The van der Waals surface area contributed by atoms with Crippen LogP contribution in [0.15, 0.2) is 48.5 Å². The summed E-state index contributed by atoms with van der Waals surface area (Å²) in [4.78, 5) is 12.9. The molecule has 1 N–H and O–H groups in total. The number of amides is 1. The molecule has 0 saturated heterocycles. The summed E-state index contributed by atoms with van der Waals surface area (Å²) in [5.74, 6) is 1.01. The molecular weight excluding hydrogens is 400 g/mol. The Kier molecular flexibility index (Phi) is 8.29. The maximum atomic E-state index is 12.9. The molecule has 0 unspecified atom stereocenters. The molecule has 0 saturated carbocycles. The monoisotopic (exact) mass is 432 g/mol. The third-order valence-electron chi connectivity index (χ3n) is 4.94. The maximum absolute atomic E-state index is 12.9. The lowest BCUT2D eigenvalue weighted by atomic mass is 9.96. The number of benzene rings is 2. The standard InChI is InChI=1S/C23H32N2O4S/c1-6-25(30(27,28)7-2)20-12-8-19(9-13-20)23(26)24-22(16-17(3)4)18-10-14-21(29-5)15-11-18/h8-15,17,22H,6-7,16H2,1-5H3,(H,24,26)/t22-/m1/s1. The number of rotatable bonds is 10. The van der Waals surface area contributed by atoms with Crippen LogP contribution in [0.5, 0.6) is 5.75 Å². The minimum Gasteiger partial charge on any atom is -0.497 e. The highest BCUT2D eigenvalue weighted by atomic mass is 32.2. The fourth-order valence-corrected chi connectivity index (χ4v) is 4.45. The fraction of sp³-hybridized carbons (Fsp3) is 0.435. The van der Waals surface area contributed by atoms with Crippen molar-refractivity contribution in [2.75, 3.05) is 23.7 Å². The number of carbonyl (C=O) groups excluding carboxylic acids is 1. The number of sulfonamides is 1. The largest absolute Gasteiger partial charge is 0.497 e. The topological polar surface area (TPSA) is 75.7 Å². The molecule has 0 heterocycles. The Morgan fingerprint density at radius 2 is 1.63 bits per heavy atom. The van der Waals surface area contributed by atoms with Crippen LogP contribution in [0.4, 0.5) is 5.69 Å². The van der Waals surface area contributed by atoms with Crippen LogP contribution in [-0.4, -0.2) is 33.7 Å². The molecule has 0 spiro atoms. The van der Waals surface area contributed by atoms with Gasteiger partial charge in [0.15, 0.2) is 0 Å². The van der Waals surface area contributed by atoms with Crippen LogP contribution in [0.3, 0.4) is 0 Å². The predicted octanol–water partition coefficient (Wildman–Crippen LogP) is 4.39. The van der Waals surface area contributed by atoms with Crippen LogP contribution in [-0.2, 0) is 10.0 Å². The number of anilines is 1. The molecule has 0 aliphatic heterocycles. The fourth-order valence-electron chi connectivity index (χ4n) is 3.30. The number of nitrogens with zero attached hydrogens (tertiary/aromatic N) is 1. The van der Waals surface area contributed by atoms with Crippen molar-refractivity contribution in [3.05, 3.63) is 59.7 Å². The molecule has 1 amide bonds. The van der Waals surface area contributed by atoms with Gasteiger partial charge in [-0.2, -0.15) is 0 Å². The molecule has 2 rings (SSSR count). The van der Waals surface area contributed by atoms with Gasteiger partial charge in [-0.05, 0) is 68.1 Å². The SMILES string of the molecule is CCN(c1ccc(C(=O)N[C@H](CC(C)C)c2ccc(OC)cc2)cc1)S(=O)(=O)CC. The minimum atomic E-state index is -3.35. The van der Waals surface area contributed by atoms with Crippen molar-refractivity contribution >= 4 is 21.6 Å². The van der Waals surface area contributed by atoms with Crippen LogP contribution >= 0.6 is 0 Å². The molecule has 164 valence electrons. The Hall–Kier alpha value is -2.54. The highest BCUT2D eigenvalue weighted by Gasteiger charge is 2.20. The van der Waals surface area contributed by atoms with Gasteiger partial charge < -0.3 is 10.1 Å². The predicted molar refractivity (Wildman–Crippen MR) is 122 cm³/mol. The lowest BCUT2D eigenvalue weighted by Crippen LogP contribution is -2.32. The number of methoxy groups -OCH3 is 1. The van der Waals surface area contributed by atoms with Gasteiger partial charge in [-0.15, -0.1) is 0 Å². The van der Waals surface area contributed by atoms with Crippen molar-refractivity contribution < 1.29 is 17.9 Å². The zero-order chi connectivity index (χ0) is 22.3. The van der Waals surface area contributed by atoms with E-state index in [9.17, 15) is 13.2 Å². The zero-order valence-corrected chi connectivity index (χ0v) is 19.2. The second-order valence-corrected chi connectivity index (χ2v) is 9.72. The summed E-state index contributed by atoms with van der Waals surface area (Å²) >= 11 is 0. The molecule has 30 heavy (non-hydrogen) atoms. The smallest absolute Gasteiger partial charge is 0.251 e. The second kappa shape index (κ2) is 10.5. The first-order chi connectivity index (χ1) is 14.2. The van der Waals surface area contributed by atoms with E-state index >= 15 is 0 Å². The molecule has 0 aliphatic rings. The normalized spacial score (nSPS) is 12.5. The van der Waals surface area contributed by atoms with Crippen LogP contribution in [0.2, 0.25) is 0 Å². The van der Waals surface area contributed by atoms with Gasteiger partial charge in [0.25, 0.3) is 5.91 Å². The number of nitrogens with one attached hydrogen (secondary N) is 1. The van der Waals surface area contributed by atoms with E-state index in [1.807, 2.05) is 24.3 Å². The minimum absolute atomic E-state index is 0.0296. The molecule has 6 nitrogen and oxygen atoms in total. The van der Waals surface area contributed by atoms with Crippen molar-refractivity contribution in [2.45, 2.75) is 40.2 Å². The quantitative estimate of drug-likeness (QED) is 0.604. The molecule has 0 bridgehead atoms. The van der Waals surface area contributed by atoms with Crippen LogP contribution in [0.1, 0.15) is 56.1 Å². The maximum Gasteiger partial charge on any atom is 0.251 e. The lowest BCUT2D eigenvalue weighted by molar-refractivity contribution is 0.0932. The summed E-state index contributed by atoms with van der Waals surface area (Å²) in [6, 6.07) is 14.3. The van der Waals surface area contributed by atoms with E-state index < -0.39 is 10.0 Å². The van der Waals surface area contributed by atoms with E-state index in [2.05, 4.69) is 19.2 Å². The second-order valence-electron chi connectivity index (χ2n) is 7.54. The van der Waals surface area contributed by atoms with Gasteiger partial charge in [0.05, 0.1) is 24.6 Å². The number of carbonyl (C=O) groups is 1. The summed E-state index contributed by atoms with van der Waals surface area (Å²) in [5, 5.41) is 3.11. The first-order valence-electron chi connectivity index (χ1n) is 10.3. The summed E-state index contributed by atoms with van der Waals surface area (Å²) in [7, 11) is -1.73. The van der Waals surface area contributed by atoms with Gasteiger partial charge in [-0.25, -0.2) is 8.42 Å². The van der Waals surface area contributed by atoms with E-state index in [1.165, 1.54) is 4.31 Å². The summed E-state index contributed by atoms with van der Waals surface area (Å²) in [5.41, 5.74) is 2.07. The molecule has 0 aliphatic carbocycles. The molecule has 2 aromatic carbocycles. The van der Waals surface area contributed by atoms with Crippen molar-refractivity contribution in [1.29, 1.82) is 0 Å². The first-order valence-corrected chi connectivity index (χ1v) is 11.9. The summed E-state index contributed by atoms with van der Waals surface area (Å²) < 4.78 is 31.0. The van der Waals surface area contributed by atoms with E-state index in [1.54, 1.807) is 45.2 Å². The van der Waals surface area contributed by atoms with E-state index in [0.717, 1.165) is 17.7 Å². The van der Waals surface area contributed by atoms with Crippen LogP contribution in [0, 0.1) is 5.92 Å². The first kappa shape index (κ1) is 23.7. The Balaban J connectivity index is 2.20. The van der Waals surface area contributed by atoms with Crippen LogP contribution < -0.4 is 14.4 Å². The average Bonchev–Trinajstić information content (AvgIpc) is 2.73. The third-order valence-corrected chi connectivity index (χ3v) is 6.81. The summed E-state index contributed by atoms with van der Waals surface area (Å²) in [6.45, 7) is 7.98. The third kappa shape index (κ3) is 5.98. The highest BCUT2D eigenvalue weighted by molar-refractivity contribution is 7.92. The van der Waals surface area contributed by atoms with Gasteiger partial charge in [0, 0.05) is 12.1 Å². The van der Waals surface area contributed by atoms with E-state index in [4.69, 9.17) is 4.74 Å². The van der Waals surface area contributed by atoms with Gasteiger partial charge in [0.2, 0.25) is 10.0 Å². The van der Waals surface area contributed by atoms with Gasteiger partial charge in [0.1, 0.15) is 5.75 Å². The van der Waals surface area contributed by atoms with Crippen molar-refractivity contribution in [2.24, 2.45) is 5.92 Å². The van der Waals surface area contributed by atoms with Crippen molar-refractivity contribution in [3.63, 3.8) is 0 Å². The Labute approximate surface area is 180 Å². The van der Waals surface area contributed by atoms with Gasteiger partial charge >= 0.3 is 0 Å². The molecule has 0 fully saturated rings. The highest BCUT2D eigenvalue weighted by Crippen LogP contribution is 2.25. The average molecular weight is 433 g/mol. The Morgan fingerprint density at radius 3 is 2.10 bits per heavy atom. The number of ether oxygens (including phenoxy) is 1. The van der Waals surface area contributed by atoms with Crippen molar-refractivity contribution in [3.8, 4) is 5.75 Å². The molecule has 1 atom stereocenters. The number of hydrogen-bond donors (Lipinski definition) is 1. The molecule has 7 heteroatoms. The van der Waals surface area contributed by atoms with Gasteiger partial charge in [-0.1, -0.05) is 26.0 Å². The Morgan fingerprint density at radius 1 is 1.03 bits per heavy atom. The van der Waals surface area contributed by atoms with Gasteiger partial charge in [-0.3, -0.25) is 9.10 Å². The molecular formula is C23H32N2O4S. The summed E-state index contributed by atoms with van der Waals surface area (Å²) in [6.07, 6.45) is 0.800. The van der Waals surface area contributed by atoms with E-state index in [-0.39, 0.29) is 17.7 Å². The van der Waals surface area contributed by atoms with Crippen molar-refractivity contribution in [1.82, 2.24) is 5.32 Å². The molecule has 2 aromatic rings.